The lowest BCUT2D eigenvalue weighted by Crippen LogP contribution is -1.98. The minimum absolute atomic E-state index is 0.670. The third kappa shape index (κ3) is 4.41. The minimum Gasteiger partial charge on any atom is -0.456 e. The molecule has 0 N–H and O–H groups in total. The third-order valence-corrected chi connectivity index (χ3v) is 10.4. The number of nitrogens with zero attached hydrogens (tertiary/aromatic N) is 3. The van der Waals surface area contributed by atoms with Gasteiger partial charge in [0.1, 0.15) is 11.2 Å². The van der Waals surface area contributed by atoms with Crippen LogP contribution < -0.4 is 0 Å². The molecule has 0 radical (unpaired) electrons. The van der Waals surface area contributed by atoms with Crippen LogP contribution in [0.3, 0.4) is 0 Å². The molecule has 242 valence electrons. The maximum Gasteiger partial charge on any atom is 0.160 e. The second-order valence-corrected chi connectivity index (χ2v) is 13.4. The average Bonchev–Trinajstić information content (AvgIpc) is 3.77. The van der Waals surface area contributed by atoms with Crippen molar-refractivity contribution in [3.63, 3.8) is 0 Å². The van der Waals surface area contributed by atoms with Crippen LogP contribution in [0.5, 0.6) is 0 Å². The van der Waals surface area contributed by atoms with E-state index in [1.54, 1.807) is 0 Å². The zero-order valence-electron chi connectivity index (χ0n) is 28.0. The first kappa shape index (κ1) is 28.8. The van der Waals surface area contributed by atoms with Gasteiger partial charge in [0, 0.05) is 43.9 Å². The van der Waals surface area contributed by atoms with E-state index in [4.69, 9.17) is 14.4 Å². The molecule has 0 spiro atoms. The largest absolute Gasteiger partial charge is 0.456 e. The summed E-state index contributed by atoms with van der Waals surface area (Å²) in [5.74, 6) is 0.670. The molecule has 11 aromatic rings. The normalized spacial score (nSPS) is 11.8. The molecule has 0 saturated heterocycles. The highest BCUT2D eigenvalue weighted by Crippen LogP contribution is 2.41. The van der Waals surface area contributed by atoms with Gasteiger partial charge in [0.2, 0.25) is 0 Å². The van der Waals surface area contributed by atoms with Crippen LogP contribution in [0.4, 0.5) is 0 Å². The topological polar surface area (TPSA) is 43.9 Å². The van der Waals surface area contributed by atoms with E-state index in [0.717, 1.165) is 55.7 Å². The molecule has 4 nitrogen and oxygen atoms in total. The van der Waals surface area contributed by atoms with Gasteiger partial charge in [-0.1, -0.05) is 121 Å². The molecule has 8 aromatic carbocycles. The van der Waals surface area contributed by atoms with Crippen molar-refractivity contribution in [2.24, 2.45) is 0 Å². The molecule has 0 unspecified atom stereocenters. The molecule has 0 fully saturated rings. The summed E-state index contributed by atoms with van der Waals surface area (Å²) in [6.45, 7) is 0. The molecule has 0 aliphatic heterocycles. The lowest BCUT2D eigenvalue weighted by molar-refractivity contribution is 0.669. The highest BCUT2D eigenvalue weighted by molar-refractivity contribution is 6.28. The van der Waals surface area contributed by atoms with Crippen molar-refractivity contribution >= 4 is 65.3 Å². The number of aromatic nitrogens is 3. The monoisotopic (exact) mass is 663 g/mol. The smallest absolute Gasteiger partial charge is 0.160 e. The molecule has 52 heavy (non-hydrogen) atoms. The summed E-state index contributed by atoms with van der Waals surface area (Å²) in [5.41, 5.74) is 9.89. The Kier molecular flexibility index (Phi) is 6.22. The van der Waals surface area contributed by atoms with Crippen LogP contribution in [0, 0.1) is 0 Å². The van der Waals surface area contributed by atoms with Gasteiger partial charge in [0.25, 0.3) is 0 Å². The van der Waals surface area contributed by atoms with Crippen LogP contribution in [0.25, 0.3) is 105 Å². The molecular formula is C48H29N3O. The number of fused-ring (bicyclic) bond motifs is 10. The van der Waals surface area contributed by atoms with E-state index in [2.05, 4.69) is 150 Å². The average molecular weight is 664 g/mol. The summed E-state index contributed by atoms with van der Waals surface area (Å²) in [6.07, 6.45) is 0. The lowest BCUT2D eigenvalue weighted by Gasteiger charge is -2.12. The van der Waals surface area contributed by atoms with Gasteiger partial charge in [-0.3, -0.25) is 0 Å². The van der Waals surface area contributed by atoms with Crippen molar-refractivity contribution in [1.29, 1.82) is 0 Å². The Morgan fingerprint density at radius 3 is 1.71 bits per heavy atom. The highest BCUT2D eigenvalue weighted by atomic mass is 16.3. The SMILES string of the molecule is c1ccc(-c2cc(-c3cccc(-n4c5ccc6ccccc6c5c5c6ccccc6ccc54)c3)nc(-c3ccc4oc5ccccc5c4c3)n2)cc1. The Morgan fingerprint density at radius 1 is 0.385 bits per heavy atom. The van der Waals surface area contributed by atoms with Crippen molar-refractivity contribution in [3.05, 3.63) is 176 Å². The van der Waals surface area contributed by atoms with Crippen molar-refractivity contribution in [1.82, 2.24) is 14.5 Å². The Balaban J connectivity index is 1.14. The first-order valence-corrected chi connectivity index (χ1v) is 17.6. The van der Waals surface area contributed by atoms with Crippen LogP contribution in [-0.4, -0.2) is 14.5 Å². The third-order valence-electron chi connectivity index (χ3n) is 10.4. The maximum atomic E-state index is 6.14. The van der Waals surface area contributed by atoms with E-state index >= 15 is 0 Å². The van der Waals surface area contributed by atoms with Gasteiger partial charge in [-0.15, -0.1) is 0 Å². The number of hydrogen-bond donors (Lipinski definition) is 0. The first-order valence-electron chi connectivity index (χ1n) is 17.6. The summed E-state index contributed by atoms with van der Waals surface area (Å²) < 4.78 is 8.55. The fourth-order valence-electron chi connectivity index (χ4n) is 7.98. The summed E-state index contributed by atoms with van der Waals surface area (Å²) in [5, 5.41) is 9.66. The molecule has 0 bridgehead atoms. The zero-order chi connectivity index (χ0) is 34.2. The van der Waals surface area contributed by atoms with Gasteiger partial charge in [-0.2, -0.15) is 0 Å². The van der Waals surface area contributed by atoms with Gasteiger partial charge < -0.3 is 8.98 Å². The molecule has 0 amide bonds. The molecule has 0 saturated carbocycles. The van der Waals surface area contributed by atoms with Gasteiger partial charge >= 0.3 is 0 Å². The van der Waals surface area contributed by atoms with Gasteiger partial charge in [-0.25, -0.2) is 9.97 Å². The van der Waals surface area contributed by atoms with Crippen molar-refractivity contribution < 1.29 is 4.42 Å². The Morgan fingerprint density at radius 2 is 0.981 bits per heavy atom. The predicted octanol–water partition coefficient (Wildman–Crippen LogP) is 12.8. The summed E-state index contributed by atoms with van der Waals surface area (Å²) in [4.78, 5) is 10.4. The Hall–Kier alpha value is -7.04. The number of rotatable bonds is 4. The van der Waals surface area contributed by atoms with E-state index < -0.39 is 0 Å². The summed E-state index contributed by atoms with van der Waals surface area (Å²) in [6, 6.07) is 62.0. The number of benzene rings is 8. The first-order chi connectivity index (χ1) is 25.8. The van der Waals surface area contributed by atoms with Crippen LogP contribution in [0.15, 0.2) is 180 Å². The van der Waals surface area contributed by atoms with Gasteiger partial charge in [0.15, 0.2) is 5.82 Å². The fraction of sp³-hybridized carbons (Fsp3) is 0. The molecule has 3 heterocycles. The van der Waals surface area contributed by atoms with Crippen LogP contribution >= 0.6 is 0 Å². The number of hydrogen-bond acceptors (Lipinski definition) is 3. The molecule has 3 aromatic heterocycles. The maximum absolute atomic E-state index is 6.14. The number of para-hydroxylation sites is 1. The summed E-state index contributed by atoms with van der Waals surface area (Å²) in [7, 11) is 0. The van der Waals surface area contributed by atoms with E-state index in [0.29, 0.717) is 5.82 Å². The van der Waals surface area contributed by atoms with E-state index in [1.807, 2.05) is 30.3 Å². The van der Waals surface area contributed by atoms with Crippen LogP contribution in [-0.2, 0) is 0 Å². The quantitative estimate of drug-likeness (QED) is 0.188. The molecule has 11 rings (SSSR count). The number of furan rings is 1. The minimum atomic E-state index is 0.670. The summed E-state index contributed by atoms with van der Waals surface area (Å²) >= 11 is 0. The molecule has 0 aliphatic rings. The second kappa shape index (κ2) is 11.2. The van der Waals surface area contributed by atoms with Gasteiger partial charge in [0.05, 0.1) is 22.4 Å². The highest BCUT2D eigenvalue weighted by Gasteiger charge is 2.19. The molecule has 0 aliphatic carbocycles. The molecule has 4 heteroatoms. The van der Waals surface area contributed by atoms with Crippen LogP contribution in [0.2, 0.25) is 0 Å². The van der Waals surface area contributed by atoms with E-state index in [1.165, 1.54) is 43.4 Å². The standard InChI is InChI=1S/C48H29N3O/c1-2-13-32(14-3-1)40-29-41(50-48(49-40)34-23-26-45-39(28-34)38-19-8-9-20-44(38)52-45)33-15-10-16-35(27-33)51-42-24-21-30-11-4-6-17-36(30)46(42)47-37-18-7-5-12-31(37)22-25-43(47)51/h1-29H. The Labute approximate surface area is 298 Å². The van der Waals surface area contributed by atoms with Gasteiger partial charge in [-0.05, 0) is 76.1 Å². The van der Waals surface area contributed by atoms with E-state index in [9.17, 15) is 0 Å². The van der Waals surface area contributed by atoms with Crippen LogP contribution in [0.1, 0.15) is 0 Å². The zero-order valence-corrected chi connectivity index (χ0v) is 28.0. The fourth-order valence-corrected chi connectivity index (χ4v) is 7.98. The Bertz CT molecular complexity index is 3100. The van der Waals surface area contributed by atoms with Crippen molar-refractivity contribution in [2.45, 2.75) is 0 Å². The van der Waals surface area contributed by atoms with Crippen molar-refractivity contribution in [2.75, 3.05) is 0 Å². The van der Waals surface area contributed by atoms with E-state index in [-0.39, 0.29) is 0 Å². The molecular weight excluding hydrogens is 635 g/mol. The predicted molar refractivity (Wildman–Crippen MR) is 215 cm³/mol. The molecule has 0 atom stereocenters. The van der Waals surface area contributed by atoms with Crippen molar-refractivity contribution in [3.8, 4) is 39.6 Å². The lowest BCUT2D eigenvalue weighted by atomic mass is 10.00. The second-order valence-electron chi connectivity index (χ2n) is 13.4.